The molecule has 10 heavy (non-hydrogen) atoms. The van der Waals surface area contributed by atoms with Gasteiger partial charge < -0.3 is 0 Å². The first-order chi connectivity index (χ1) is 4.86. The van der Waals surface area contributed by atoms with E-state index in [-0.39, 0.29) is 15.1 Å². The Morgan fingerprint density at radius 2 is 1.80 bits per heavy atom. The van der Waals surface area contributed by atoms with E-state index in [0.717, 1.165) is 5.92 Å². The predicted molar refractivity (Wildman–Crippen MR) is 41.3 cm³/mol. The molecule has 0 heterocycles. The van der Waals surface area contributed by atoms with Crippen LogP contribution in [-0.2, 0) is 15.1 Å². The van der Waals surface area contributed by atoms with Gasteiger partial charge in [0.1, 0.15) is 0 Å². The Labute approximate surface area is 77.0 Å². The molecule has 0 saturated heterocycles. The van der Waals surface area contributed by atoms with Crippen LogP contribution in [0.5, 0.6) is 0 Å². The standard InChI is InChI=1S/C7H7.2ClH.Ru/c1-2-7-4-3-6(1)5-7;;;/h1-4,6H,5H2;2*1H;/q-1;;;+2/p-2. The summed E-state index contributed by atoms with van der Waals surface area (Å²) >= 11 is -0.346. The van der Waals surface area contributed by atoms with Gasteiger partial charge in [0.05, 0.1) is 0 Å². The van der Waals surface area contributed by atoms with Crippen molar-refractivity contribution in [2.45, 2.75) is 6.42 Å². The van der Waals surface area contributed by atoms with Crippen LogP contribution in [0.3, 0.4) is 0 Å². The zero-order valence-electron chi connectivity index (χ0n) is 5.20. The minimum atomic E-state index is -0.346. The molecule has 0 aliphatic heterocycles. The number of hydrogen-bond acceptors (Lipinski definition) is 0. The summed E-state index contributed by atoms with van der Waals surface area (Å²) < 4.78 is 0. The van der Waals surface area contributed by atoms with Gasteiger partial charge in [0, 0.05) is 0 Å². The van der Waals surface area contributed by atoms with Gasteiger partial charge >= 0.3 is 34.5 Å². The van der Waals surface area contributed by atoms with E-state index >= 15 is 0 Å². The zero-order chi connectivity index (χ0) is 7.40. The van der Waals surface area contributed by atoms with Gasteiger partial charge in [-0.2, -0.15) is 30.2 Å². The molecule has 0 atom stereocenters. The molecule has 2 rings (SSSR count). The van der Waals surface area contributed by atoms with E-state index < -0.39 is 0 Å². The third kappa shape index (κ3) is 2.30. The van der Waals surface area contributed by atoms with Crippen molar-refractivity contribution in [1.29, 1.82) is 0 Å². The molecule has 2 aliphatic rings. The monoisotopic (exact) mass is 263 g/mol. The van der Waals surface area contributed by atoms with Gasteiger partial charge in [-0.3, -0.25) is 0 Å². The van der Waals surface area contributed by atoms with E-state index in [0.29, 0.717) is 0 Å². The number of halogens is 2. The second kappa shape index (κ2) is 4.44. The molecule has 0 fully saturated rings. The summed E-state index contributed by atoms with van der Waals surface area (Å²) in [4.78, 5) is 0. The van der Waals surface area contributed by atoms with E-state index in [4.69, 9.17) is 19.4 Å². The second-order valence-corrected chi connectivity index (χ2v) is 4.85. The van der Waals surface area contributed by atoms with Crippen LogP contribution in [0.1, 0.15) is 6.42 Å². The molecule has 0 unspecified atom stereocenters. The van der Waals surface area contributed by atoms with Gasteiger partial charge in [-0.05, 0) is 0 Å². The van der Waals surface area contributed by atoms with Crippen molar-refractivity contribution in [2.24, 2.45) is 5.92 Å². The van der Waals surface area contributed by atoms with Gasteiger partial charge in [0.25, 0.3) is 0 Å². The summed E-state index contributed by atoms with van der Waals surface area (Å²) in [6.07, 6.45) is 10.2. The number of hydrogen-bond donors (Lipinski definition) is 0. The summed E-state index contributed by atoms with van der Waals surface area (Å²) in [5.74, 6) is 2.28. The molecule has 2 aliphatic carbocycles. The normalized spacial score (nSPS) is 20.0. The molecule has 0 saturated carbocycles. The predicted octanol–water partition coefficient (Wildman–Crippen LogP) is 3.08. The molecule has 0 nitrogen and oxygen atoms in total. The maximum absolute atomic E-state index is 4.85. The Balaban J connectivity index is 0.000000148. The minimum absolute atomic E-state index is 0.346. The van der Waals surface area contributed by atoms with Crippen molar-refractivity contribution < 1.29 is 15.1 Å². The number of fused-ring (bicyclic) bond motifs is 2. The van der Waals surface area contributed by atoms with Crippen molar-refractivity contribution in [3.63, 3.8) is 0 Å². The Morgan fingerprint density at radius 3 is 1.90 bits per heavy atom. The summed E-state index contributed by atoms with van der Waals surface area (Å²) in [5.41, 5.74) is 0. The Morgan fingerprint density at radius 1 is 1.30 bits per heavy atom. The quantitative estimate of drug-likeness (QED) is 0.465. The van der Waals surface area contributed by atoms with Gasteiger partial charge in [0.2, 0.25) is 0 Å². The number of rotatable bonds is 0. The van der Waals surface area contributed by atoms with Crippen LogP contribution in [-0.4, -0.2) is 0 Å². The van der Waals surface area contributed by atoms with Crippen molar-refractivity contribution in [3.05, 3.63) is 30.2 Å². The second-order valence-electron chi connectivity index (χ2n) is 2.21. The molecular weight excluding hydrogens is 256 g/mol. The molecule has 0 aromatic rings. The molecular formula is C7H7Cl2Ru-. The Kier molecular flexibility index (Phi) is 3.84. The van der Waals surface area contributed by atoms with Gasteiger partial charge in [-0.1, -0.05) is 6.42 Å². The summed E-state index contributed by atoms with van der Waals surface area (Å²) in [6.45, 7) is 0. The zero-order valence-corrected chi connectivity index (χ0v) is 8.45. The van der Waals surface area contributed by atoms with Crippen LogP contribution >= 0.6 is 19.4 Å². The maximum atomic E-state index is 4.85. The molecule has 0 radical (unpaired) electrons. The molecule has 0 N–H and O–H groups in total. The third-order valence-corrected chi connectivity index (χ3v) is 1.59. The third-order valence-electron chi connectivity index (χ3n) is 1.59. The summed E-state index contributed by atoms with van der Waals surface area (Å²) in [5, 5.41) is 0. The van der Waals surface area contributed by atoms with E-state index in [1.165, 1.54) is 12.3 Å². The van der Waals surface area contributed by atoms with Gasteiger partial charge in [0.15, 0.2) is 0 Å². The van der Waals surface area contributed by atoms with Crippen LogP contribution in [0.4, 0.5) is 0 Å². The SMILES string of the molecule is C1=CC2C=C[C-]1C2.[Cl][Ru][Cl]. The fourth-order valence-electron chi connectivity index (χ4n) is 1.16. The van der Waals surface area contributed by atoms with Crippen LogP contribution in [0.15, 0.2) is 24.3 Å². The molecule has 0 amide bonds. The summed E-state index contributed by atoms with van der Waals surface area (Å²) in [6, 6.07) is 0. The van der Waals surface area contributed by atoms with Crippen molar-refractivity contribution >= 4 is 19.4 Å². The fourth-order valence-corrected chi connectivity index (χ4v) is 1.16. The average molecular weight is 263 g/mol. The fraction of sp³-hybridized carbons (Fsp3) is 0.286. The van der Waals surface area contributed by atoms with E-state index in [1.54, 1.807) is 0 Å². The van der Waals surface area contributed by atoms with Crippen LogP contribution < -0.4 is 0 Å². The van der Waals surface area contributed by atoms with E-state index in [1.807, 2.05) is 0 Å². The van der Waals surface area contributed by atoms with Gasteiger partial charge in [-0.15, -0.1) is 5.92 Å². The molecule has 2 bridgehead atoms. The molecule has 3 heteroatoms. The van der Waals surface area contributed by atoms with Crippen LogP contribution in [0.25, 0.3) is 0 Å². The van der Waals surface area contributed by atoms with Gasteiger partial charge in [-0.25, -0.2) is 0 Å². The number of allylic oxidation sites excluding steroid dienone is 4. The van der Waals surface area contributed by atoms with Crippen molar-refractivity contribution in [3.8, 4) is 0 Å². The van der Waals surface area contributed by atoms with E-state index in [9.17, 15) is 0 Å². The van der Waals surface area contributed by atoms with Crippen LogP contribution in [0, 0.1) is 11.8 Å². The Bertz CT molecular complexity index is 126. The molecule has 0 spiro atoms. The van der Waals surface area contributed by atoms with Crippen LogP contribution in [0.2, 0.25) is 0 Å². The molecule has 58 valence electrons. The molecule has 0 aromatic heterocycles. The first-order valence-electron chi connectivity index (χ1n) is 2.94. The first kappa shape index (κ1) is 8.65. The summed E-state index contributed by atoms with van der Waals surface area (Å²) in [7, 11) is 9.71. The first-order valence-corrected chi connectivity index (χ1v) is 7.42. The Hall–Kier alpha value is 0.553. The molecule has 0 aromatic carbocycles. The van der Waals surface area contributed by atoms with E-state index in [2.05, 4.69) is 24.3 Å². The average Bonchev–Trinajstić information content (AvgIpc) is 2.49. The van der Waals surface area contributed by atoms with Crippen molar-refractivity contribution in [2.75, 3.05) is 0 Å². The topological polar surface area (TPSA) is 0 Å². The van der Waals surface area contributed by atoms with Crippen molar-refractivity contribution in [1.82, 2.24) is 0 Å².